The van der Waals surface area contributed by atoms with Crippen LogP contribution in [0, 0.1) is 17.1 Å². The number of halogens is 2. The Balaban J connectivity index is 2.42. The fourth-order valence-corrected chi connectivity index (χ4v) is 3.29. The van der Waals surface area contributed by atoms with Crippen LogP contribution in [-0.2, 0) is 17.1 Å². The smallest absolute Gasteiger partial charge is 0.275 e. The van der Waals surface area contributed by atoms with Crippen LogP contribution in [0.5, 0.6) is 0 Å². The molecule has 2 rings (SSSR count). The Morgan fingerprint density at radius 2 is 2.20 bits per heavy atom. The lowest BCUT2D eigenvalue weighted by molar-refractivity contribution is 0.580. The molecular weight excluding hydrogens is 307 g/mol. The molecule has 0 unspecified atom stereocenters. The maximum absolute atomic E-state index is 13.7. The fraction of sp³-hybridized carbons (Fsp3) is 0.0909. The molecule has 1 aromatic heterocycles. The van der Waals surface area contributed by atoms with Crippen molar-refractivity contribution in [1.29, 1.82) is 5.26 Å². The van der Waals surface area contributed by atoms with Crippen LogP contribution in [0.1, 0.15) is 5.56 Å². The Morgan fingerprint density at radius 1 is 1.50 bits per heavy atom. The average molecular weight is 315 g/mol. The first-order chi connectivity index (χ1) is 9.35. The molecule has 0 spiro atoms. The highest BCUT2D eigenvalue weighted by atomic mass is 35.5. The van der Waals surface area contributed by atoms with E-state index >= 15 is 0 Å². The molecule has 0 fully saturated rings. The van der Waals surface area contributed by atoms with Gasteiger partial charge in [0, 0.05) is 7.05 Å². The molecular formula is C11H8ClFN4O2S. The van der Waals surface area contributed by atoms with E-state index in [1.807, 2.05) is 0 Å². The van der Waals surface area contributed by atoms with Crippen molar-refractivity contribution in [3.8, 4) is 6.07 Å². The summed E-state index contributed by atoms with van der Waals surface area (Å²) in [6.07, 6.45) is 1.17. The second-order valence-electron chi connectivity index (χ2n) is 3.83. The molecule has 0 bridgehead atoms. The second kappa shape index (κ2) is 5.11. The minimum absolute atomic E-state index is 0.0750. The summed E-state index contributed by atoms with van der Waals surface area (Å²) in [4.78, 5) is 0. The van der Waals surface area contributed by atoms with Crippen molar-refractivity contribution in [2.45, 2.75) is 5.03 Å². The van der Waals surface area contributed by atoms with E-state index < -0.39 is 15.8 Å². The van der Waals surface area contributed by atoms with Gasteiger partial charge in [-0.2, -0.15) is 18.8 Å². The Hall–Kier alpha value is -2.11. The molecule has 2 aromatic rings. The quantitative estimate of drug-likeness (QED) is 0.937. The van der Waals surface area contributed by atoms with Gasteiger partial charge >= 0.3 is 0 Å². The molecule has 0 amide bonds. The molecule has 0 radical (unpaired) electrons. The Bertz CT molecular complexity index is 791. The van der Waals surface area contributed by atoms with Crippen LogP contribution in [0.25, 0.3) is 0 Å². The highest BCUT2D eigenvalue weighted by Gasteiger charge is 2.23. The number of nitriles is 1. The second-order valence-corrected chi connectivity index (χ2v) is 5.84. The first-order valence-electron chi connectivity index (χ1n) is 5.25. The first-order valence-corrected chi connectivity index (χ1v) is 7.11. The standard InChI is InChI=1S/C11H8ClFN4O2S/c1-17-11(8(12)6-15-17)20(18,19)16-10-3-2-7(5-14)4-9(10)13/h2-4,6,16H,1H3. The Labute approximate surface area is 119 Å². The number of hydrogen-bond donors (Lipinski definition) is 1. The lowest BCUT2D eigenvalue weighted by Gasteiger charge is -2.09. The van der Waals surface area contributed by atoms with Crippen LogP contribution < -0.4 is 4.72 Å². The maximum atomic E-state index is 13.7. The Morgan fingerprint density at radius 3 is 2.70 bits per heavy atom. The molecule has 104 valence electrons. The molecule has 0 saturated carbocycles. The fourth-order valence-electron chi connectivity index (χ4n) is 1.56. The lowest BCUT2D eigenvalue weighted by atomic mass is 10.2. The van der Waals surface area contributed by atoms with Gasteiger partial charge in [-0.1, -0.05) is 11.6 Å². The minimum Gasteiger partial charge on any atom is -0.275 e. The summed E-state index contributed by atoms with van der Waals surface area (Å²) in [6.45, 7) is 0. The monoisotopic (exact) mass is 314 g/mol. The van der Waals surface area contributed by atoms with Gasteiger partial charge < -0.3 is 0 Å². The van der Waals surface area contributed by atoms with Gasteiger partial charge in [0.15, 0.2) is 5.03 Å². The van der Waals surface area contributed by atoms with Crippen LogP contribution in [0.15, 0.2) is 29.4 Å². The summed E-state index contributed by atoms with van der Waals surface area (Å²) in [7, 11) is -2.68. The number of hydrogen-bond acceptors (Lipinski definition) is 4. The third-order valence-electron chi connectivity index (χ3n) is 2.44. The van der Waals surface area contributed by atoms with Crippen molar-refractivity contribution < 1.29 is 12.8 Å². The predicted molar refractivity (Wildman–Crippen MR) is 70.1 cm³/mol. The van der Waals surface area contributed by atoms with E-state index in [9.17, 15) is 12.8 Å². The van der Waals surface area contributed by atoms with E-state index in [2.05, 4.69) is 9.82 Å². The summed E-state index contributed by atoms with van der Waals surface area (Å²) < 4.78 is 41.0. The molecule has 1 aromatic carbocycles. The number of aryl methyl sites for hydroxylation is 1. The minimum atomic E-state index is -4.08. The van der Waals surface area contributed by atoms with Gasteiger partial charge in [-0.05, 0) is 18.2 Å². The zero-order valence-electron chi connectivity index (χ0n) is 10.1. The number of benzene rings is 1. The molecule has 6 nitrogen and oxygen atoms in total. The zero-order chi connectivity index (χ0) is 14.9. The predicted octanol–water partition coefficient (Wildman–Crippen LogP) is 1.89. The highest BCUT2D eigenvalue weighted by Crippen LogP contribution is 2.24. The van der Waals surface area contributed by atoms with Crippen molar-refractivity contribution >= 4 is 27.3 Å². The summed E-state index contributed by atoms with van der Waals surface area (Å²) >= 11 is 5.74. The third kappa shape index (κ3) is 2.59. The van der Waals surface area contributed by atoms with Crippen molar-refractivity contribution in [3.63, 3.8) is 0 Å². The summed E-state index contributed by atoms with van der Waals surface area (Å²) in [6, 6.07) is 5.14. The SMILES string of the molecule is Cn1ncc(Cl)c1S(=O)(=O)Nc1ccc(C#N)cc1F. The van der Waals surface area contributed by atoms with Crippen molar-refractivity contribution in [2.24, 2.45) is 7.05 Å². The largest absolute Gasteiger partial charge is 0.280 e. The van der Waals surface area contributed by atoms with Gasteiger partial charge in [-0.3, -0.25) is 9.40 Å². The van der Waals surface area contributed by atoms with Crippen LogP contribution in [0.2, 0.25) is 5.02 Å². The number of rotatable bonds is 3. The van der Waals surface area contributed by atoms with Gasteiger partial charge in [0.25, 0.3) is 10.0 Å². The van der Waals surface area contributed by atoms with Crippen LogP contribution in [0.4, 0.5) is 10.1 Å². The van der Waals surface area contributed by atoms with Crippen LogP contribution in [-0.4, -0.2) is 18.2 Å². The molecule has 0 aliphatic rings. The first kappa shape index (κ1) is 14.3. The zero-order valence-corrected chi connectivity index (χ0v) is 11.7. The molecule has 1 heterocycles. The van der Waals surface area contributed by atoms with Gasteiger partial charge in [-0.25, -0.2) is 4.39 Å². The van der Waals surface area contributed by atoms with E-state index in [-0.39, 0.29) is 21.3 Å². The molecule has 0 atom stereocenters. The number of anilines is 1. The number of nitrogens with zero attached hydrogens (tertiary/aromatic N) is 3. The van der Waals surface area contributed by atoms with E-state index in [4.69, 9.17) is 16.9 Å². The van der Waals surface area contributed by atoms with Crippen LogP contribution >= 0.6 is 11.6 Å². The van der Waals surface area contributed by atoms with E-state index in [1.165, 1.54) is 19.3 Å². The topological polar surface area (TPSA) is 87.8 Å². The normalized spacial score (nSPS) is 11.1. The third-order valence-corrected chi connectivity index (χ3v) is 4.31. The van der Waals surface area contributed by atoms with E-state index in [1.54, 1.807) is 6.07 Å². The number of aromatic nitrogens is 2. The van der Waals surface area contributed by atoms with E-state index in [0.717, 1.165) is 16.8 Å². The van der Waals surface area contributed by atoms with Crippen molar-refractivity contribution in [1.82, 2.24) is 9.78 Å². The summed E-state index contributed by atoms with van der Waals surface area (Å²) in [5.74, 6) is -0.856. The van der Waals surface area contributed by atoms with Crippen molar-refractivity contribution in [3.05, 3.63) is 40.8 Å². The molecule has 0 aliphatic carbocycles. The summed E-state index contributed by atoms with van der Waals surface area (Å²) in [5, 5.41) is 12.0. The average Bonchev–Trinajstić information content (AvgIpc) is 2.72. The Kier molecular flexibility index (Phi) is 3.65. The maximum Gasteiger partial charge on any atom is 0.280 e. The van der Waals surface area contributed by atoms with Gasteiger partial charge in [0.2, 0.25) is 0 Å². The molecule has 0 aliphatic heterocycles. The number of nitrogens with one attached hydrogen (secondary N) is 1. The van der Waals surface area contributed by atoms with E-state index in [0.29, 0.717) is 0 Å². The molecule has 9 heteroatoms. The summed E-state index contributed by atoms with van der Waals surface area (Å²) in [5.41, 5.74) is -0.190. The van der Waals surface area contributed by atoms with Gasteiger partial charge in [0.05, 0.1) is 28.5 Å². The van der Waals surface area contributed by atoms with Gasteiger partial charge in [-0.15, -0.1) is 0 Å². The van der Waals surface area contributed by atoms with Crippen molar-refractivity contribution in [2.75, 3.05) is 4.72 Å². The highest BCUT2D eigenvalue weighted by molar-refractivity contribution is 7.92. The lowest BCUT2D eigenvalue weighted by Crippen LogP contribution is -2.17. The number of sulfonamides is 1. The molecule has 0 saturated heterocycles. The van der Waals surface area contributed by atoms with Crippen LogP contribution in [0.3, 0.4) is 0 Å². The van der Waals surface area contributed by atoms with Gasteiger partial charge in [0.1, 0.15) is 5.82 Å². The molecule has 1 N–H and O–H groups in total. The molecule has 20 heavy (non-hydrogen) atoms.